The lowest BCUT2D eigenvalue weighted by Gasteiger charge is -2.02. The largest absolute Gasteiger partial charge is 0.371 e. The molecule has 0 aliphatic rings. The van der Waals surface area contributed by atoms with Crippen LogP contribution in [0.1, 0.15) is 5.56 Å². The van der Waals surface area contributed by atoms with Crippen LogP contribution in [-0.2, 0) is 0 Å². The number of rotatable bonds is 4. The SMILES string of the molecule is Cc1cc([N+](=O)[O-])sc1NCC(F)F. The Morgan fingerprint density at radius 2 is 2.36 bits per heavy atom. The molecule has 7 heteroatoms. The van der Waals surface area contributed by atoms with Crippen molar-refractivity contribution in [1.29, 1.82) is 0 Å². The first-order chi connectivity index (χ1) is 6.50. The van der Waals surface area contributed by atoms with Gasteiger partial charge in [-0.2, -0.15) is 0 Å². The summed E-state index contributed by atoms with van der Waals surface area (Å²) >= 11 is 0.866. The molecule has 0 saturated carbocycles. The van der Waals surface area contributed by atoms with Gasteiger partial charge in [0.05, 0.1) is 16.5 Å². The third-order valence-electron chi connectivity index (χ3n) is 1.50. The van der Waals surface area contributed by atoms with E-state index in [0.717, 1.165) is 11.3 Å². The molecule has 0 saturated heterocycles. The zero-order valence-electron chi connectivity index (χ0n) is 7.29. The van der Waals surface area contributed by atoms with Crippen LogP contribution in [0, 0.1) is 17.0 Å². The van der Waals surface area contributed by atoms with Crippen LogP contribution >= 0.6 is 11.3 Å². The number of halogens is 2. The van der Waals surface area contributed by atoms with Gasteiger partial charge in [0.15, 0.2) is 0 Å². The van der Waals surface area contributed by atoms with Gasteiger partial charge >= 0.3 is 5.00 Å². The van der Waals surface area contributed by atoms with Gasteiger partial charge in [-0.05, 0) is 23.8 Å². The van der Waals surface area contributed by atoms with Gasteiger partial charge in [-0.25, -0.2) is 8.78 Å². The second-order valence-corrected chi connectivity index (χ2v) is 3.66. The van der Waals surface area contributed by atoms with Crippen LogP contribution in [0.15, 0.2) is 6.07 Å². The lowest BCUT2D eigenvalue weighted by molar-refractivity contribution is -0.380. The highest BCUT2D eigenvalue weighted by atomic mass is 32.1. The fraction of sp³-hybridized carbons (Fsp3) is 0.429. The first kappa shape index (κ1) is 10.8. The summed E-state index contributed by atoms with van der Waals surface area (Å²) in [6, 6.07) is 1.36. The van der Waals surface area contributed by atoms with Crippen molar-refractivity contribution in [2.45, 2.75) is 13.3 Å². The number of hydrogen-bond donors (Lipinski definition) is 1. The van der Waals surface area contributed by atoms with Gasteiger partial charge in [0.1, 0.15) is 0 Å². The summed E-state index contributed by atoms with van der Waals surface area (Å²) in [4.78, 5) is 9.81. The predicted molar refractivity (Wildman–Crippen MR) is 50.2 cm³/mol. The molecule has 0 bridgehead atoms. The topological polar surface area (TPSA) is 55.2 Å². The third-order valence-corrected chi connectivity index (χ3v) is 2.65. The monoisotopic (exact) mass is 222 g/mol. The van der Waals surface area contributed by atoms with E-state index in [1.54, 1.807) is 6.92 Å². The fourth-order valence-electron chi connectivity index (χ4n) is 0.901. The molecule has 0 aromatic carbocycles. The molecule has 1 N–H and O–H groups in total. The van der Waals surface area contributed by atoms with E-state index < -0.39 is 17.9 Å². The molecule has 0 amide bonds. The second kappa shape index (κ2) is 4.32. The van der Waals surface area contributed by atoms with Crippen molar-refractivity contribution in [1.82, 2.24) is 0 Å². The molecule has 0 unspecified atom stereocenters. The van der Waals surface area contributed by atoms with E-state index in [2.05, 4.69) is 5.32 Å². The Labute approximate surface area is 82.7 Å². The highest BCUT2D eigenvalue weighted by molar-refractivity contribution is 7.19. The molecule has 1 rings (SSSR count). The standard InChI is InChI=1S/C7H8F2N2O2S/c1-4-2-6(11(12)13)14-7(4)10-3-5(8)9/h2,5,10H,3H2,1H3. The fourth-order valence-corrected chi connectivity index (χ4v) is 1.80. The molecule has 1 aromatic heterocycles. The van der Waals surface area contributed by atoms with Crippen molar-refractivity contribution in [3.05, 3.63) is 21.7 Å². The molecule has 78 valence electrons. The second-order valence-electron chi connectivity index (χ2n) is 2.63. The predicted octanol–water partition coefficient (Wildman–Crippen LogP) is 2.64. The van der Waals surface area contributed by atoms with Gasteiger partial charge in [-0.3, -0.25) is 10.1 Å². The van der Waals surface area contributed by atoms with Gasteiger partial charge in [0, 0.05) is 6.07 Å². The smallest absolute Gasteiger partial charge is 0.326 e. The van der Waals surface area contributed by atoms with Crippen LogP contribution in [0.5, 0.6) is 0 Å². The summed E-state index contributed by atoms with van der Waals surface area (Å²) < 4.78 is 23.7. The Morgan fingerprint density at radius 1 is 1.71 bits per heavy atom. The van der Waals surface area contributed by atoms with Crippen molar-refractivity contribution in [2.24, 2.45) is 0 Å². The van der Waals surface area contributed by atoms with E-state index in [0.29, 0.717) is 10.6 Å². The maximum atomic E-state index is 11.8. The quantitative estimate of drug-likeness (QED) is 0.629. The van der Waals surface area contributed by atoms with Gasteiger partial charge in [-0.15, -0.1) is 0 Å². The van der Waals surface area contributed by atoms with Crippen LogP contribution in [-0.4, -0.2) is 17.9 Å². The minimum Gasteiger partial charge on any atom is -0.371 e. The summed E-state index contributed by atoms with van der Waals surface area (Å²) in [6.45, 7) is 1.15. The number of alkyl halides is 2. The van der Waals surface area contributed by atoms with Crippen LogP contribution in [0.3, 0.4) is 0 Å². The highest BCUT2D eigenvalue weighted by Crippen LogP contribution is 2.32. The summed E-state index contributed by atoms with van der Waals surface area (Å²) in [6.07, 6.45) is -2.46. The summed E-state index contributed by atoms with van der Waals surface area (Å²) in [5, 5.41) is 13.2. The van der Waals surface area contributed by atoms with Gasteiger partial charge in [-0.1, -0.05) is 0 Å². The Morgan fingerprint density at radius 3 is 2.79 bits per heavy atom. The van der Waals surface area contributed by atoms with Gasteiger partial charge in [0.2, 0.25) is 0 Å². The molecule has 14 heavy (non-hydrogen) atoms. The number of hydrogen-bond acceptors (Lipinski definition) is 4. The van der Waals surface area contributed by atoms with Crippen molar-refractivity contribution in [2.75, 3.05) is 11.9 Å². The van der Waals surface area contributed by atoms with E-state index in [9.17, 15) is 18.9 Å². The summed E-state index contributed by atoms with van der Waals surface area (Å²) in [7, 11) is 0. The van der Waals surface area contributed by atoms with E-state index >= 15 is 0 Å². The van der Waals surface area contributed by atoms with Crippen LogP contribution in [0.2, 0.25) is 0 Å². The molecule has 0 radical (unpaired) electrons. The normalized spacial score (nSPS) is 10.6. The number of aryl methyl sites for hydroxylation is 1. The molecule has 0 fully saturated rings. The lowest BCUT2D eigenvalue weighted by Crippen LogP contribution is -2.09. The number of nitro groups is 1. The zero-order chi connectivity index (χ0) is 10.7. The minimum atomic E-state index is -2.46. The molecule has 1 heterocycles. The number of nitrogens with one attached hydrogen (secondary N) is 1. The van der Waals surface area contributed by atoms with E-state index in [-0.39, 0.29) is 5.00 Å². The molecule has 4 nitrogen and oxygen atoms in total. The van der Waals surface area contributed by atoms with Gasteiger partial charge in [0.25, 0.3) is 6.43 Å². The summed E-state index contributed by atoms with van der Waals surface area (Å²) in [5.74, 6) is 0. The average Bonchev–Trinajstić information content (AvgIpc) is 2.43. The number of thiophene rings is 1. The Balaban J connectivity index is 2.72. The molecule has 0 spiro atoms. The van der Waals surface area contributed by atoms with E-state index in [4.69, 9.17) is 0 Å². The number of anilines is 1. The molecule has 0 atom stereocenters. The van der Waals surface area contributed by atoms with Crippen molar-refractivity contribution < 1.29 is 13.7 Å². The lowest BCUT2D eigenvalue weighted by atomic mass is 10.3. The van der Waals surface area contributed by atoms with E-state index in [1.807, 2.05) is 0 Å². The Hall–Kier alpha value is -1.24. The maximum Gasteiger partial charge on any atom is 0.326 e. The van der Waals surface area contributed by atoms with Crippen molar-refractivity contribution in [3.63, 3.8) is 0 Å². The van der Waals surface area contributed by atoms with Crippen molar-refractivity contribution in [3.8, 4) is 0 Å². The first-order valence-electron chi connectivity index (χ1n) is 3.77. The van der Waals surface area contributed by atoms with E-state index in [1.165, 1.54) is 6.07 Å². The molecular weight excluding hydrogens is 214 g/mol. The molecule has 1 aromatic rings. The zero-order valence-corrected chi connectivity index (χ0v) is 8.11. The third kappa shape index (κ3) is 2.63. The Kier molecular flexibility index (Phi) is 3.34. The Bertz CT molecular complexity index is 340. The van der Waals surface area contributed by atoms with Crippen molar-refractivity contribution >= 4 is 21.3 Å². The molecular formula is C7H8F2N2O2S. The van der Waals surface area contributed by atoms with Crippen LogP contribution < -0.4 is 5.32 Å². The highest BCUT2D eigenvalue weighted by Gasteiger charge is 2.14. The van der Waals surface area contributed by atoms with Crippen LogP contribution in [0.4, 0.5) is 18.8 Å². The van der Waals surface area contributed by atoms with Crippen LogP contribution in [0.25, 0.3) is 0 Å². The first-order valence-corrected chi connectivity index (χ1v) is 4.59. The minimum absolute atomic E-state index is 0.0423. The maximum absolute atomic E-state index is 11.8. The number of nitrogens with zero attached hydrogens (tertiary/aromatic N) is 1. The average molecular weight is 222 g/mol. The van der Waals surface area contributed by atoms with Gasteiger partial charge < -0.3 is 5.32 Å². The summed E-state index contributed by atoms with van der Waals surface area (Å²) in [5.41, 5.74) is 0.613. The molecule has 0 aliphatic heterocycles. The molecule has 0 aliphatic carbocycles.